The zero-order chi connectivity index (χ0) is 19.3. The van der Waals surface area contributed by atoms with Gasteiger partial charge in [-0.15, -0.1) is 11.8 Å². The average Bonchev–Trinajstić information content (AvgIpc) is 2.66. The summed E-state index contributed by atoms with van der Waals surface area (Å²) in [6, 6.07) is 6.69. The first-order chi connectivity index (χ1) is 12.4. The number of thioether (sulfide) groups is 2. The van der Waals surface area contributed by atoms with E-state index in [4.69, 9.17) is 15.2 Å². The molecule has 1 aromatic rings. The number of aliphatic imine (C=N–C) groups is 2. The second-order valence-electron chi connectivity index (χ2n) is 4.85. The van der Waals surface area contributed by atoms with Gasteiger partial charge in [-0.3, -0.25) is 0 Å². The van der Waals surface area contributed by atoms with E-state index in [0.717, 1.165) is 4.31 Å². The number of ether oxygens (including phenoxy) is 2. The molecule has 2 rings (SSSR count). The minimum absolute atomic E-state index is 0.126. The SMILES string of the molecule is COC1=CC(OC)N(S(=O)(=O)c2ccccc2SC)C(N=C(N)SC)=N1. The Kier molecular flexibility index (Phi) is 6.98. The Labute approximate surface area is 161 Å². The van der Waals surface area contributed by atoms with Crippen molar-refractivity contribution in [1.82, 2.24) is 4.31 Å². The predicted molar refractivity (Wildman–Crippen MR) is 106 cm³/mol. The summed E-state index contributed by atoms with van der Waals surface area (Å²) in [6.45, 7) is 0. The van der Waals surface area contributed by atoms with Crippen LogP contribution in [0.3, 0.4) is 0 Å². The number of hydrogen-bond acceptors (Lipinski definition) is 8. The molecule has 1 aliphatic rings. The van der Waals surface area contributed by atoms with Crippen molar-refractivity contribution >= 4 is 44.7 Å². The summed E-state index contributed by atoms with van der Waals surface area (Å²) in [4.78, 5) is 9.01. The molecule has 1 heterocycles. The first-order valence-electron chi connectivity index (χ1n) is 7.32. The molecule has 142 valence electrons. The molecule has 1 aromatic carbocycles. The predicted octanol–water partition coefficient (Wildman–Crippen LogP) is 1.91. The van der Waals surface area contributed by atoms with E-state index >= 15 is 0 Å². The maximum absolute atomic E-state index is 13.4. The number of hydrogen-bond donors (Lipinski definition) is 1. The van der Waals surface area contributed by atoms with E-state index in [-0.39, 0.29) is 21.9 Å². The van der Waals surface area contributed by atoms with Crippen molar-refractivity contribution < 1.29 is 17.9 Å². The second kappa shape index (κ2) is 8.80. The molecule has 0 radical (unpaired) electrons. The lowest BCUT2D eigenvalue weighted by atomic mass is 10.4. The quantitative estimate of drug-likeness (QED) is 0.444. The van der Waals surface area contributed by atoms with Crippen molar-refractivity contribution in [3.8, 4) is 0 Å². The Bertz CT molecular complexity index is 852. The normalized spacial score (nSPS) is 18.4. The van der Waals surface area contributed by atoms with Gasteiger partial charge >= 0.3 is 0 Å². The molecule has 26 heavy (non-hydrogen) atoms. The Morgan fingerprint density at radius 3 is 2.58 bits per heavy atom. The van der Waals surface area contributed by atoms with Crippen LogP contribution in [0.1, 0.15) is 0 Å². The van der Waals surface area contributed by atoms with Gasteiger partial charge in [0.1, 0.15) is 4.90 Å². The number of nitrogens with two attached hydrogens (primary N) is 1. The molecule has 0 saturated heterocycles. The van der Waals surface area contributed by atoms with E-state index < -0.39 is 16.3 Å². The number of benzene rings is 1. The topological polar surface area (TPSA) is 107 Å². The summed E-state index contributed by atoms with van der Waals surface area (Å²) in [7, 11) is -1.20. The summed E-state index contributed by atoms with van der Waals surface area (Å²) in [6.07, 6.45) is 4.01. The highest BCUT2D eigenvalue weighted by Gasteiger charge is 2.38. The van der Waals surface area contributed by atoms with Gasteiger partial charge in [0.2, 0.25) is 11.8 Å². The Morgan fingerprint density at radius 1 is 1.31 bits per heavy atom. The highest BCUT2D eigenvalue weighted by Crippen LogP contribution is 2.31. The minimum Gasteiger partial charge on any atom is -0.481 e. The molecule has 8 nitrogen and oxygen atoms in total. The van der Waals surface area contributed by atoms with E-state index in [1.54, 1.807) is 30.7 Å². The minimum atomic E-state index is -4.02. The number of methoxy groups -OCH3 is 2. The lowest BCUT2D eigenvalue weighted by Crippen LogP contribution is -2.46. The lowest BCUT2D eigenvalue weighted by Gasteiger charge is -2.31. The molecular weight excluding hydrogens is 396 g/mol. The Hall–Kier alpha value is -1.69. The first kappa shape index (κ1) is 20.6. The van der Waals surface area contributed by atoms with Crippen molar-refractivity contribution in [2.75, 3.05) is 26.7 Å². The fourth-order valence-corrected chi connectivity index (χ4v) is 4.89. The molecule has 1 unspecified atom stereocenters. The third kappa shape index (κ3) is 4.17. The van der Waals surface area contributed by atoms with Crippen LogP contribution in [-0.4, -0.2) is 56.8 Å². The number of amidine groups is 1. The molecule has 1 atom stereocenters. The zero-order valence-electron chi connectivity index (χ0n) is 14.7. The molecule has 0 aromatic heterocycles. The summed E-state index contributed by atoms with van der Waals surface area (Å²) in [5, 5.41) is 0.161. The van der Waals surface area contributed by atoms with Crippen LogP contribution in [-0.2, 0) is 19.5 Å². The van der Waals surface area contributed by atoms with Gasteiger partial charge in [-0.05, 0) is 24.6 Å². The molecule has 11 heteroatoms. The summed E-state index contributed by atoms with van der Waals surface area (Å²) in [5.41, 5.74) is 5.78. The standard InChI is InChI=1S/C15H20N4O4S3/c1-22-12-9-13(23-2)19(15(17-12)18-14(16)25-4)26(20,21)11-8-6-5-7-10(11)24-3/h5-9,13H,1-4H3,(H2,16,17,18). The molecule has 0 saturated carbocycles. The molecular formula is C15H20N4O4S3. The van der Waals surface area contributed by atoms with E-state index in [1.165, 1.54) is 49.9 Å². The van der Waals surface area contributed by atoms with Gasteiger partial charge < -0.3 is 15.2 Å². The van der Waals surface area contributed by atoms with Gasteiger partial charge in [-0.1, -0.05) is 23.9 Å². The highest BCUT2D eigenvalue weighted by molar-refractivity contribution is 8.13. The number of guanidine groups is 1. The van der Waals surface area contributed by atoms with Crippen molar-refractivity contribution in [2.45, 2.75) is 16.0 Å². The van der Waals surface area contributed by atoms with Crippen LogP contribution < -0.4 is 5.73 Å². The lowest BCUT2D eigenvalue weighted by molar-refractivity contribution is 0.0757. The largest absolute Gasteiger partial charge is 0.481 e. The van der Waals surface area contributed by atoms with E-state index in [2.05, 4.69) is 9.98 Å². The van der Waals surface area contributed by atoms with Crippen molar-refractivity contribution in [3.05, 3.63) is 36.2 Å². The monoisotopic (exact) mass is 416 g/mol. The number of nitrogens with zero attached hydrogens (tertiary/aromatic N) is 3. The van der Waals surface area contributed by atoms with Gasteiger partial charge in [0, 0.05) is 18.1 Å². The summed E-state index contributed by atoms with van der Waals surface area (Å²) in [5.74, 6) is 0.0630. The van der Waals surface area contributed by atoms with E-state index in [1.807, 2.05) is 0 Å². The van der Waals surface area contributed by atoms with E-state index in [9.17, 15) is 8.42 Å². The maximum Gasteiger partial charge on any atom is 0.270 e. The van der Waals surface area contributed by atoms with Gasteiger partial charge in [0.05, 0.1) is 7.11 Å². The average molecular weight is 417 g/mol. The van der Waals surface area contributed by atoms with Crippen molar-refractivity contribution in [1.29, 1.82) is 0 Å². The molecule has 0 bridgehead atoms. The van der Waals surface area contributed by atoms with Crippen molar-refractivity contribution in [3.63, 3.8) is 0 Å². The van der Waals surface area contributed by atoms with Gasteiger partial charge in [-0.25, -0.2) is 12.7 Å². The van der Waals surface area contributed by atoms with Gasteiger partial charge in [0.25, 0.3) is 10.0 Å². The molecule has 0 fully saturated rings. The van der Waals surface area contributed by atoms with E-state index in [0.29, 0.717) is 4.90 Å². The molecule has 1 aliphatic heterocycles. The molecule has 2 N–H and O–H groups in total. The Balaban J connectivity index is 2.65. The van der Waals surface area contributed by atoms with Crippen LogP contribution in [0.2, 0.25) is 0 Å². The third-order valence-electron chi connectivity index (χ3n) is 3.40. The fraction of sp³-hybridized carbons (Fsp3) is 0.333. The maximum atomic E-state index is 13.4. The first-order valence-corrected chi connectivity index (χ1v) is 11.2. The molecule has 0 amide bonds. The van der Waals surface area contributed by atoms with Crippen LogP contribution in [0.25, 0.3) is 0 Å². The van der Waals surface area contributed by atoms with Crippen LogP contribution in [0.4, 0.5) is 0 Å². The van der Waals surface area contributed by atoms with Crippen molar-refractivity contribution in [2.24, 2.45) is 15.7 Å². The second-order valence-corrected chi connectivity index (χ2v) is 8.31. The van der Waals surface area contributed by atoms with Crippen LogP contribution >= 0.6 is 23.5 Å². The molecule has 0 aliphatic carbocycles. The third-order valence-corrected chi connectivity index (χ3v) is 6.63. The van der Waals surface area contributed by atoms with Crippen LogP contribution in [0.5, 0.6) is 0 Å². The van der Waals surface area contributed by atoms with Crippen LogP contribution in [0.15, 0.2) is 56.0 Å². The van der Waals surface area contributed by atoms with Gasteiger partial charge in [0.15, 0.2) is 11.4 Å². The molecule has 0 spiro atoms. The zero-order valence-corrected chi connectivity index (χ0v) is 17.2. The van der Waals surface area contributed by atoms with Gasteiger partial charge in [-0.2, -0.15) is 9.98 Å². The fourth-order valence-electron chi connectivity index (χ4n) is 2.17. The smallest absolute Gasteiger partial charge is 0.270 e. The van der Waals surface area contributed by atoms with Crippen LogP contribution in [0, 0.1) is 0 Å². The highest BCUT2D eigenvalue weighted by atomic mass is 32.2. The Morgan fingerprint density at radius 2 is 2.00 bits per heavy atom. The summed E-state index contributed by atoms with van der Waals surface area (Å²) >= 11 is 2.50. The summed E-state index contributed by atoms with van der Waals surface area (Å²) < 4.78 is 38.2. The number of sulfonamides is 1. The number of rotatable bonds is 5.